The summed E-state index contributed by atoms with van der Waals surface area (Å²) in [5, 5.41) is 2.87. The first-order valence-corrected chi connectivity index (χ1v) is 13.1. The molecule has 7 nitrogen and oxygen atoms in total. The first kappa shape index (κ1) is 26.8. The van der Waals surface area contributed by atoms with Crippen LogP contribution in [0.15, 0.2) is 90.1 Å². The normalized spacial score (nSPS) is 13.6. The summed E-state index contributed by atoms with van der Waals surface area (Å²) in [6.45, 7) is 6.13. The van der Waals surface area contributed by atoms with Crippen LogP contribution in [0, 0.1) is 6.92 Å². The number of nitrogens with zero attached hydrogens (tertiary/aromatic N) is 2. The molecule has 40 heavy (non-hydrogen) atoms. The number of hydrogen-bond donors (Lipinski definition) is 1. The number of nitrogens with one attached hydrogen (secondary N) is 1. The molecule has 0 bridgehead atoms. The minimum atomic E-state index is -0.362. The van der Waals surface area contributed by atoms with Gasteiger partial charge in [0.05, 0.1) is 24.8 Å². The molecule has 2 heterocycles. The third-order valence-corrected chi connectivity index (χ3v) is 6.73. The molecule has 5 rings (SSSR count). The Morgan fingerprint density at radius 2 is 1.68 bits per heavy atom. The Kier molecular flexibility index (Phi) is 7.47. The minimum absolute atomic E-state index is 0.0517. The summed E-state index contributed by atoms with van der Waals surface area (Å²) in [7, 11) is 1.63. The van der Waals surface area contributed by atoms with Crippen LogP contribution in [0.4, 0.5) is 5.69 Å². The first-order valence-electron chi connectivity index (χ1n) is 13.1. The van der Waals surface area contributed by atoms with Gasteiger partial charge in [-0.05, 0) is 93.4 Å². The van der Waals surface area contributed by atoms with E-state index in [9.17, 15) is 9.59 Å². The van der Waals surface area contributed by atoms with Crippen LogP contribution >= 0.6 is 0 Å². The predicted octanol–water partition coefficient (Wildman–Crippen LogP) is 6.84. The van der Waals surface area contributed by atoms with Crippen molar-refractivity contribution in [3.8, 4) is 17.4 Å². The number of ketones is 1. The molecule has 0 aliphatic carbocycles. The molecule has 0 unspecified atom stereocenters. The summed E-state index contributed by atoms with van der Waals surface area (Å²) >= 11 is 0. The van der Waals surface area contributed by atoms with Crippen molar-refractivity contribution in [2.24, 2.45) is 4.99 Å². The molecule has 0 saturated carbocycles. The lowest BCUT2D eigenvalue weighted by Crippen LogP contribution is -2.30. The van der Waals surface area contributed by atoms with Gasteiger partial charge in [0.1, 0.15) is 17.1 Å². The van der Waals surface area contributed by atoms with Gasteiger partial charge in [-0.25, -0.2) is 4.98 Å². The Morgan fingerprint density at radius 3 is 2.40 bits per heavy atom. The summed E-state index contributed by atoms with van der Waals surface area (Å²) in [5.74, 6) is 1.12. The average molecular weight is 534 g/mol. The van der Waals surface area contributed by atoms with Gasteiger partial charge in [-0.3, -0.25) is 14.6 Å². The number of methoxy groups -OCH3 is 1. The molecular formula is C33H31N3O4. The maximum atomic E-state index is 13.3. The number of Topliss-reactive ketones (excluding diaryl/α,β-unsaturated/α-hetero) is 1. The first-order chi connectivity index (χ1) is 19.2. The maximum absolute atomic E-state index is 13.3. The van der Waals surface area contributed by atoms with Gasteiger partial charge in [-0.2, -0.15) is 0 Å². The lowest BCUT2D eigenvalue weighted by atomic mass is 9.85. The van der Waals surface area contributed by atoms with Gasteiger partial charge >= 0.3 is 0 Å². The van der Waals surface area contributed by atoms with E-state index < -0.39 is 0 Å². The van der Waals surface area contributed by atoms with Crippen molar-refractivity contribution >= 4 is 23.1 Å². The zero-order valence-electron chi connectivity index (χ0n) is 23.0. The van der Waals surface area contributed by atoms with E-state index in [1.54, 1.807) is 49.7 Å². The van der Waals surface area contributed by atoms with Crippen molar-refractivity contribution in [3.05, 3.63) is 113 Å². The molecular weight excluding hydrogens is 502 g/mol. The smallest absolute Gasteiger partial charge is 0.261 e. The van der Waals surface area contributed by atoms with E-state index in [1.807, 2.05) is 49.4 Å². The van der Waals surface area contributed by atoms with Gasteiger partial charge in [0, 0.05) is 23.0 Å². The lowest BCUT2D eigenvalue weighted by Gasteiger charge is -2.29. The number of hydrogen-bond acceptors (Lipinski definition) is 6. The Morgan fingerprint density at radius 1 is 0.950 bits per heavy atom. The highest BCUT2D eigenvalue weighted by Crippen LogP contribution is 2.31. The number of carbonyl (C=O) groups is 2. The minimum Gasteiger partial charge on any atom is -0.497 e. The second-order valence-electron chi connectivity index (χ2n) is 10.5. The number of fused-ring (bicyclic) bond motifs is 1. The Hall–Kier alpha value is -4.78. The molecule has 0 atom stereocenters. The Labute approximate surface area is 233 Å². The molecule has 0 spiro atoms. The molecule has 1 aliphatic heterocycles. The van der Waals surface area contributed by atoms with Crippen molar-refractivity contribution < 1.29 is 19.1 Å². The Balaban J connectivity index is 1.29. The summed E-state index contributed by atoms with van der Waals surface area (Å²) < 4.78 is 11.3. The highest BCUT2D eigenvalue weighted by molar-refractivity contribution is 6.17. The number of aliphatic imine (C=N–C) groups is 1. The molecule has 202 valence electrons. The van der Waals surface area contributed by atoms with Crippen molar-refractivity contribution in [2.45, 2.75) is 39.2 Å². The quantitative estimate of drug-likeness (QED) is 0.251. The predicted molar refractivity (Wildman–Crippen MR) is 156 cm³/mol. The fourth-order valence-corrected chi connectivity index (χ4v) is 4.73. The van der Waals surface area contributed by atoms with E-state index in [2.05, 4.69) is 24.1 Å². The van der Waals surface area contributed by atoms with Crippen LogP contribution in [0.1, 0.15) is 57.7 Å². The van der Waals surface area contributed by atoms with Crippen molar-refractivity contribution in [1.29, 1.82) is 0 Å². The van der Waals surface area contributed by atoms with Crippen molar-refractivity contribution in [1.82, 2.24) is 4.98 Å². The monoisotopic (exact) mass is 533 g/mol. The second kappa shape index (κ2) is 11.1. The Bertz CT molecular complexity index is 1590. The van der Waals surface area contributed by atoms with Gasteiger partial charge in [-0.1, -0.05) is 23.8 Å². The van der Waals surface area contributed by atoms with Crippen molar-refractivity contribution in [2.75, 3.05) is 12.4 Å². The number of rotatable bonds is 8. The number of benzene rings is 3. The van der Waals surface area contributed by atoms with E-state index in [-0.39, 0.29) is 29.5 Å². The van der Waals surface area contributed by atoms with Crippen LogP contribution in [-0.2, 0) is 6.42 Å². The summed E-state index contributed by atoms with van der Waals surface area (Å²) in [5.41, 5.74) is 5.07. The van der Waals surface area contributed by atoms with E-state index in [1.165, 1.54) is 0 Å². The average Bonchev–Trinajstić information content (AvgIpc) is 2.94. The van der Waals surface area contributed by atoms with Crippen LogP contribution in [0.25, 0.3) is 0 Å². The van der Waals surface area contributed by atoms with E-state index in [4.69, 9.17) is 14.5 Å². The van der Waals surface area contributed by atoms with E-state index in [0.29, 0.717) is 22.6 Å². The number of aryl methyl sites for hydroxylation is 1. The summed E-state index contributed by atoms with van der Waals surface area (Å²) in [4.78, 5) is 35.5. The number of aromatic nitrogens is 1. The summed E-state index contributed by atoms with van der Waals surface area (Å²) in [6, 6.07) is 23.6. The summed E-state index contributed by atoms with van der Waals surface area (Å²) in [6.07, 6.45) is 2.55. The second-order valence-corrected chi connectivity index (χ2v) is 10.5. The molecule has 0 saturated heterocycles. The highest BCUT2D eigenvalue weighted by Gasteiger charge is 2.28. The van der Waals surface area contributed by atoms with Crippen LogP contribution < -0.4 is 14.8 Å². The molecule has 0 radical (unpaired) electrons. The molecule has 1 amide bonds. The molecule has 3 aromatic carbocycles. The third-order valence-electron chi connectivity index (χ3n) is 6.73. The number of carbonyl (C=O) groups excluding carboxylic acids is 2. The topological polar surface area (TPSA) is 89.9 Å². The van der Waals surface area contributed by atoms with Gasteiger partial charge in [0.15, 0.2) is 5.78 Å². The number of amides is 1. The number of pyridine rings is 1. The van der Waals surface area contributed by atoms with Crippen LogP contribution in [0.2, 0.25) is 0 Å². The fraction of sp³-hybridized carbons (Fsp3) is 0.212. The van der Waals surface area contributed by atoms with Crippen LogP contribution in [0.5, 0.6) is 17.4 Å². The van der Waals surface area contributed by atoms with Crippen LogP contribution in [-0.4, -0.2) is 35.0 Å². The largest absolute Gasteiger partial charge is 0.497 e. The van der Waals surface area contributed by atoms with Crippen LogP contribution in [0.3, 0.4) is 0 Å². The molecule has 1 N–H and O–H groups in total. The SMILES string of the molecule is COc1ccc2c(c1)C(CC(=O)c1ccc(NC(=O)c3cccnc3Oc3ccc(C)cc3)cc1)=NC(C)(C)C2. The van der Waals surface area contributed by atoms with Gasteiger partial charge in [0.25, 0.3) is 5.91 Å². The molecule has 7 heteroatoms. The standard InChI is InChI=1S/C33H31N3O4/c1-21-7-14-25(15-8-21)40-32-27(6-5-17-34-32)31(38)35-24-12-9-22(10-13-24)30(37)19-29-28-18-26(39-4)16-11-23(28)20-33(2,3)36-29/h5-18H,19-20H2,1-4H3,(H,35,38). The van der Waals surface area contributed by atoms with Crippen molar-refractivity contribution in [3.63, 3.8) is 0 Å². The molecule has 0 fully saturated rings. The van der Waals surface area contributed by atoms with E-state index in [0.717, 1.165) is 34.6 Å². The zero-order chi connectivity index (χ0) is 28.3. The van der Waals surface area contributed by atoms with Gasteiger partial charge in [0.2, 0.25) is 5.88 Å². The number of ether oxygens (including phenoxy) is 2. The highest BCUT2D eigenvalue weighted by atomic mass is 16.5. The molecule has 4 aromatic rings. The number of anilines is 1. The molecule has 1 aliphatic rings. The fourth-order valence-electron chi connectivity index (χ4n) is 4.73. The zero-order valence-corrected chi connectivity index (χ0v) is 23.0. The molecule has 1 aromatic heterocycles. The third kappa shape index (κ3) is 6.10. The van der Waals surface area contributed by atoms with E-state index >= 15 is 0 Å². The lowest BCUT2D eigenvalue weighted by molar-refractivity contribution is 0.0998. The van der Waals surface area contributed by atoms with Gasteiger partial charge in [-0.15, -0.1) is 0 Å². The van der Waals surface area contributed by atoms with Gasteiger partial charge < -0.3 is 14.8 Å². The maximum Gasteiger partial charge on any atom is 0.261 e.